The van der Waals surface area contributed by atoms with E-state index in [9.17, 15) is 19.1 Å². The van der Waals surface area contributed by atoms with Crippen LogP contribution in [0.3, 0.4) is 0 Å². The summed E-state index contributed by atoms with van der Waals surface area (Å²) < 4.78 is 14.2. The molecule has 3 aromatic rings. The minimum absolute atomic E-state index is 0.276. The normalized spacial score (nSPS) is 12.4. The maximum atomic E-state index is 13.1. The number of nitrogens with zero attached hydrogens (tertiary/aromatic N) is 2. The van der Waals surface area contributed by atoms with Crippen molar-refractivity contribution in [1.82, 2.24) is 9.55 Å². The molecule has 0 aliphatic heterocycles. The van der Waals surface area contributed by atoms with Gasteiger partial charge in [0.15, 0.2) is 0 Å². The fraction of sp³-hybridized carbons (Fsp3) is 0.188. The number of hydrogen-bond acceptors (Lipinski definition) is 4. The van der Waals surface area contributed by atoms with E-state index in [0.29, 0.717) is 21.3 Å². The van der Waals surface area contributed by atoms with Crippen molar-refractivity contribution in [2.45, 2.75) is 19.4 Å². The third-order valence-corrected chi connectivity index (χ3v) is 4.57. The molecule has 0 radical (unpaired) electrons. The summed E-state index contributed by atoms with van der Waals surface area (Å²) in [7, 11) is 0. The molecule has 7 heteroatoms. The van der Waals surface area contributed by atoms with Crippen molar-refractivity contribution >= 4 is 27.5 Å². The molecule has 1 N–H and O–H groups in total. The number of carboxylic acids is 1. The fourth-order valence-corrected chi connectivity index (χ4v) is 3.41. The Morgan fingerprint density at radius 2 is 2.09 bits per heavy atom. The van der Waals surface area contributed by atoms with Crippen LogP contribution in [0.1, 0.15) is 19.4 Å². The van der Waals surface area contributed by atoms with Crippen molar-refractivity contribution < 1.29 is 14.3 Å². The van der Waals surface area contributed by atoms with Gasteiger partial charge in [0.1, 0.15) is 16.7 Å². The average molecular weight is 332 g/mol. The van der Waals surface area contributed by atoms with Crippen LogP contribution in [0.5, 0.6) is 0 Å². The highest BCUT2D eigenvalue weighted by Crippen LogP contribution is 2.31. The number of aromatic nitrogens is 2. The summed E-state index contributed by atoms with van der Waals surface area (Å²) in [5, 5.41) is 11.4. The maximum Gasteiger partial charge on any atom is 0.326 e. The molecule has 0 saturated carbocycles. The Hall–Kier alpha value is -2.54. The van der Waals surface area contributed by atoms with Crippen LogP contribution in [-0.4, -0.2) is 20.6 Å². The molecule has 5 nitrogen and oxygen atoms in total. The number of halogens is 1. The molecule has 1 atom stereocenters. The van der Waals surface area contributed by atoms with Gasteiger partial charge in [0.25, 0.3) is 5.56 Å². The van der Waals surface area contributed by atoms with Gasteiger partial charge in [-0.3, -0.25) is 9.36 Å². The van der Waals surface area contributed by atoms with E-state index in [0.717, 1.165) is 4.57 Å². The summed E-state index contributed by atoms with van der Waals surface area (Å²) in [5.41, 5.74) is 0.930. The Labute approximate surface area is 134 Å². The zero-order valence-electron chi connectivity index (χ0n) is 12.2. The number of carbonyl (C=O) groups is 1. The number of fused-ring (bicyclic) bond motifs is 1. The lowest BCUT2D eigenvalue weighted by Gasteiger charge is -2.13. The molecule has 2 heterocycles. The minimum atomic E-state index is -1.07. The summed E-state index contributed by atoms with van der Waals surface area (Å²) in [6.45, 7) is 1.70. The number of benzene rings is 1. The van der Waals surface area contributed by atoms with Gasteiger partial charge in [-0.25, -0.2) is 14.2 Å². The highest BCUT2D eigenvalue weighted by atomic mass is 32.1. The number of carboxylic acid groups (broad SMARTS) is 1. The van der Waals surface area contributed by atoms with Crippen LogP contribution in [0, 0.1) is 5.82 Å². The van der Waals surface area contributed by atoms with Crippen LogP contribution in [0.4, 0.5) is 4.39 Å². The zero-order valence-corrected chi connectivity index (χ0v) is 13.0. The standard InChI is InChI=1S/C16H13FN2O3S/c1-2-12(16(21)22)19-8-18-14-13(15(19)20)11(7-23-14)9-3-5-10(17)6-4-9/h3-8,12H,2H2,1H3,(H,21,22). The SMILES string of the molecule is CCC(C(=O)O)n1cnc2scc(-c3ccc(F)cc3)c2c1=O. The first-order valence-electron chi connectivity index (χ1n) is 7.00. The maximum absolute atomic E-state index is 13.1. The summed E-state index contributed by atoms with van der Waals surface area (Å²) >= 11 is 1.30. The van der Waals surface area contributed by atoms with Gasteiger partial charge in [-0.2, -0.15) is 0 Å². The van der Waals surface area contributed by atoms with E-state index >= 15 is 0 Å². The Bertz CT molecular complexity index is 931. The van der Waals surface area contributed by atoms with Gasteiger partial charge in [-0.05, 0) is 24.1 Å². The quantitative estimate of drug-likeness (QED) is 0.796. The zero-order chi connectivity index (χ0) is 16.6. The summed E-state index contributed by atoms with van der Waals surface area (Å²) in [4.78, 5) is 28.8. The van der Waals surface area contributed by atoms with Crippen molar-refractivity contribution in [3.63, 3.8) is 0 Å². The Balaban J connectivity index is 2.24. The number of rotatable bonds is 4. The lowest BCUT2D eigenvalue weighted by atomic mass is 10.1. The molecule has 0 aliphatic carbocycles. The monoisotopic (exact) mass is 332 g/mol. The Kier molecular flexibility index (Phi) is 3.96. The third kappa shape index (κ3) is 2.63. The van der Waals surface area contributed by atoms with E-state index in [1.165, 1.54) is 29.8 Å². The van der Waals surface area contributed by atoms with Crippen molar-refractivity contribution in [3.05, 3.63) is 52.1 Å². The first-order chi connectivity index (χ1) is 11.0. The molecule has 118 valence electrons. The Morgan fingerprint density at radius 3 is 2.70 bits per heavy atom. The third-order valence-electron chi connectivity index (χ3n) is 3.68. The molecule has 23 heavy (non-hydrogen) atoms. The molecule has 1 unspecified atom stereocenters. The molecule has 2 aromatic heterocycles. The van der Waals surface area contributed by atoms with Crippen molar-refractivity contribution in [2.75, 3.05) is 0 Å². The van der Waals surface area contributed by atoms with Crippen LogP contribution in [0.25, 0.3) is 21.3 Å². The second-order valence-electron chi connectivity index (χ2n) is 5.06. The first-order valence-corrected chi connectivity index (χ1v) is 7.88. The molecule has 0 spiro atoms. The van der Waals surface area contributed by atoms with E-state index in [-0.39, 0.29) is 12.2 Å². The topological polar surface area (TPSA) is 72.2 Å². The van der Waals surface area contributed by atoms with Crippen LogP contribution in [-0.2, 0) is 4.79 Å². The predicted molar refractivity (Wildman–Crippen MR) is 86.2 cm³/mol. The second kappa shape index (κ2) is 5.92. The molecular formula is C16H13FN2O3S. The second-order valence-corrected chi connectivity index (χ2v) is 5.91. The van der Waals surface area contributed by atoms with Crippen LogP contribution >= 0.6 is 11.3 Å². The average Bonchev–Trinajstić information content (AvgIpc) is 2.95. The van der Waals surface area contributed by atoms with Crippen molar-refractivity contribution in [1.29, 1.82) is 0 Å². The van der Waals surface area contributed by atoms with E-state index < -0.39 is 17.6 Å². The van der Waals surface area contributed by atoms with Gasteiger partial charge in [0.2, 0.25) is 0 Å². The summed E-state index contributed by atoms with van der Waals surface area (Å²) in [5.74, 6) is -1.44. The number of hydrogen-bond donors (Lipinski definition) is 1. The molecule has 3 rings (SSSR count). The summed E-state index contributed by atoms with van der Waals surface area (Å²) in [6, 6.07) is 4.85. The van der Waals surface area contributed by atoms with Crippen LogP contribution in [0.15, 0.2) is 40.8 Å². The van der Waals surface area contributed by atoms with Crippen LogP contribution in [0.2, 0.25) is 0 Å². The lowest BCUT2D eigenvalue weighted by Crippen LogP contribution is -2.29. The fourth-order valence-electron chi connectivity index (χ4n) is 2.50. The van der Waals surface area contributed by atoms with Crippen molar-refractivity contribution in [3.8, 4) is 11.1 Å². The lowest BCUT2D eigenvalue weighted by molar-refractivity contribution is -0.141. The van der Waals surface area contributed by atoms with E-state index in [4.69, 9.17) is 0 Å². The molecule has 0 fully saturated rings. The van der Waals surface area contributed by atoms with E-state index in [1.807, 2.05) is 0 Å². The smallest absolute Gasteiger partial charge is 0.326 e. The van der Waals surface area contributed by atoms with E-state index in [2.05, 4.69) is 4.98 Å². The van der Waals surface area contributed by atoms with Gasteiger partial charge >= 0.3 is 5.97 Å². The highest BCUT2D eigenvalue weighted by molar-refractivity contribution is 7.17. The van der Waals surface area contributed by atoms with Gasteiger partial charge in [-0.1, -0.05) is 19.1 Å². The molecule has 0 aliphatic rings. The Morgan fingerprint density at radius 1 is 1.39 bits per heavy atom. The molecular weight excluding hydrogens is 319 g/mol. The van der Waals surface area contributed by atoms with Gasteiger partial charge < -0.3 is 5.11 Å². The molecule has 0 bridgehead atoms. The van der Waals surface area contributed by atoms with Crippen LogP contribution < -0.4 is 5.56 Å². The van der Waals surface area contributed by atoms with Gasteiger partial charge in [0.05, 0.1) is 11.7 Å². The highest BCUT2D eigenvalue weighted by Gasteiger charge is 2.21. The van der Waals surface area contributed by atoms with E-state index in [1.54, 1.807) is 24.4 Å². The first kappa shape index (κ1) is 15.4. The largest absolute Gasteiger partial charge is 0.480 e. The molecule has 0 saturated heterocycles. The van der Waals surface area contributed by atoms with Gasteiger partial charge in [-0.15, -0.1) is 11.3 Å². The number of thiophene rings is 1. The minimum Gasteiger partial charge on any atom is -0.480 e. The molecule has 1 aromatic carbocycles. The number of aliphatic carboxylic acids is 1. The predicted octanol–water partition coefficient (Wildman–Crippen LogP) is 3.30. The van der Waals surface area contributed by atoms with Gasteiger partial charge in [0, 0.05) is 10.9 Å². The summed E-state index contributed by atoms with van der Waals surface area (Å²) in [6.07, 6.45) is 1.55. The molecule has 0 amide bonds. The van der Waals surface area contributed by atoms with Crippen molar-refractivity contribution in [2.24, 2.45) is 0 Å².